The average Bonchev–Trinajstić information content (AvgIpc) is 3.86. The first kappa shape index (κ1) is 61.8. The van der Waals surface area contributed by atoms with E-state index in [-0.39, 0.29) is 42.8 Å². The monoisotopic (exact) mass is 1110 g/mol. The first-order valence-corrected chi connectivity index (χ1v) is 26.5. The zero-order valence-corrected chi connectivity index (χ0v) is 44.2. The second kappa shape index (κ2) is 28.4. The Morgan fingerprint density at radius 3 is 2.09 bits per heavy atom. The van der Waals surface area contributed by atoms with Crippen LogP contribution in [0.25, 0.3) is 6.08 Å². The van der Waals surface area contributed by atoms with Gasteiger partial charge in [-0.1, -0.05) is 60.1 Å². The molecule has 0 radical (unpaired) electrons. The number of aromatic hydroxyl groups is 1. The molecule has 1 heterocycles. The minimum absolute atomic E-state index is 0.0459. The van der Waals surface area contributed by atoms with Crippen molar-refractivity contribution in [1.82, 2.24) is 41.7 Å². The molecule has 3 aromatic carbocycles. The molecule has 23 nitrogen and oxygen atoms in total. The van der Waals surface area contributed by atoms with E-state index < -0.39 is 148 Å². The number of hydrogen-bond acceptors (Lipinski definition) is 14. The topological polar surface area (TPSA) is 344 Å². The fourth-order valence-corrected chi connectivity index (χ4v) is 8.95. The summed E-state index contributed by atoms with van der Waals surface area (Å²) < 4.78 is 38.6. The van der Waals surface area contributed by atoms with Crippen LogP contribution >= 0.6 is 11.6 Å². The molecule has 9 N–H and O–H groups in total. The molecule has 0 bridgehead atoms. The largest absolute Gasteiger partial charge is 0.505 e. The number of carbonyl (C=O) groups excluding carboxylic acids is 9. The van der Waals surface area contributed by atoms with E-state index in [2.05, 4.69) is 31.9 Å². The van der Waals surface area contributed by atoms with E-state index in [1.807, 2.05) is 0 Å². The maximum atomic E-state index is 14.2. The number of amides is 9. The number of carboxylic acids is 1. The average molecular weight is 1110 g/mol. The third kappa shape index (κ3) is 19.4. The Morgan fingerprint density at radius 2 is 1.48 bits per heavy atom. The number of halogens is 2. The predicted octanol–water partition coefficient (Wildman–Crippen LogP) is -0.102. The van der Waals surface area contributed by atoms with Gasteiger partial charge in [-0.05, 0) is 80.1 Å². The molecule has 4 rings (SSSR count). The fraction of sp³-hybridized carbons (Fsp3) is 0.412. The standard InChI is InChI=1S/C51H62ClFN8O15S/c1-28(45(67)59-44(29(2)62)48(70)57-36(20-22-77(5,75)76)49(71)60(4)40(47(69)55-30(3)63)26-31-11-7-6-8-12-31)54-43(66)27-38(50(72)61-21-10-15-39(61)51(73)74)58-46(68)37(25-33-13-9-14-34(52)23-33)56-42(65)19-17-32-16-18-41(64)35(53)24-32/h6-9,11-14,16-19,23-24,28-29,36-40,44,62,64H,10,15,20-22,25-27H2,1-5H3,(H,54,66)(H,56,65)(H,57,70)(H,58,68)(H,59,67)(H,73,74)(H,55,63,69)/b19-17-/t28-,29+,36-,37-,38?,39-,40-,44-/m0/s1. The van der Waals surface area contributed by atoms with Gasteiger partial charge in [-0.2, -0.15) is 0 Å². The summed E-state index contributed by atoms with van der Waals surface area (Å²) in [6.07, 6.45) is -0.155. The molecule has 1 aliphatic rings. The van der Waals surface area contributed by atoms with E-state index in [0.29, 0.717) is 11.1 Å². The zero-order chi connectivity index (χ0) is 57.3. The van der Waals surface area contributed by atoms with Crippen LogP contribution in [0, 0.1) is 5.82 Å². The number of nitrogens with zero attached hydrogens (tertiary/aromatic N) is 2. The first-order chi connectivity index (χ1) is 36.1. The van der Waals surface area contributed by atoms with Gasteiger partial charge in [0, 0.05) is 50.7 Å². The number of nitrogens with one attached hydrogen (secondary N) is 6. The van der Waals surface area contributed by atoms with E-state index in [0.717, 1.165) is 55.0 Å². The van der Waals surface area contributed by atoms with Crippen molar-refractivity contribution in [2.45, 2.75) is 108 Å². The molecule has 8 atom stereocenters. The van der Waals surface area contributed by atoms with Crippen molar-refractivity contribution in [3.8, 4) is 5.75 Å². The molecule has 26 heteroatoms. The molecule has 0 saturated carbocycles. The van der Waals surface area contributed by atoms with E-state index >= 15 is 0 Å². The molecular formula is C51H62ClFN8O15S. The number of rotatable bonds is 25. The summed E-state index contributed by atoms with van der Waals surface area (Å²) in [7, 11) is -2.58. The summed E-state index contributed by atoms with van der Waals surface area (Å²) in [5.41, 5.74) is 1.18. The third-order valence-electron chi connectivity index (χ3n) is 12.1. The Bertz CT molecular complexity index is 2840. The van der Waals surface area contributed by atoms with Crippen LogP contribution in [0.2, 0.25) is 5.02 Å². The highest BCUT2D eigenvalue weighted by atomic mass is 35.5. The van der Waals surface area contributed by atoms with Crippen LogP contribution in [0.15, 0.2) is 78.9 Å². The lowest BCUT2D eigenvalue weighted by Gasteiger charge is -2.32. The van der Waals surface area contributed by atoms with Crippen molar-refractivity contribution < 1.29 is 76.1 Å². The molecular weight excluding hydrogens is 1050 g/mol. The number of sulfone groups is 1. The lowest BCUT2D eigenvalue weighted by atomic mass is 10.0. The van der Waals surface area contributed by atoms with Crippen LogP contribution in [0.4, 0.5) is 4.39 Å². The summed E-state index contributed by atoms with van der Waals surface area (Å²) in [5.74, 6) is -12.5. The van der Waals surface area contributed by atoms with Crippen molar-refractivity contribution in [3.63, 3.8) is 0 Å². The van der Waals surface area contributed by atoms with Gasteiger partial charge in [0.1, 0.15) is 52.1 Å². The van der Waals surface area contributed by atoms with Gasteiger partial charge in [0.25, 0.3) is 0 Å². The van der Waals surface area contributed by atoms with Crippen LogP contribution in [-0.2, 0) is 70.6 Å². The number of benzene rings is 3. The quantitative estimate of drug-likeness (QED) is 0.0501. The van der Waals surface area contributed by atoms with Crippen molar-refractivity contribution in [1.29, 1.82) is 0 Å². The van der Waals surface area contributed by atoms with Crippen LogP contribution in [0.3, 0.4) is 0 Å². The number of carbonyl (C=O) groups is 10. The maximum Gasteiger partial charge on any atom is 0.326 e. The van der Waals surface area contributed by atoms with Gasteiger partial charge in [0.05, 0.1) is 18.3 Å². The lowest BCUT2D eigenvalue weighted by molar-refractivity contribution is -0.150. The van der Waals surface area contributed by atoms with Gasteiger partial charge in [-0.25, -0.2) is 17.6 Å². The van der Waals surface area contributed by atoms with Crippen LogP contribution in [0.5, 0.6) is 5.75 Å². The van der Waals surface area contributed by atoms with Crippen molar-refractivity contribution in [2.24, 2.45) is 0 Å². The number of imide groups is 1. The SMILES string of the molecule is CC(=O)NC(=O)[C@H](Cc1ccccc1)N(C)C(=O)[C@H](CCS(C)(=O)=O)NC(=O)[C@@H](NC(=O)[C@H](C)NC(=O)CC(NC(=O)[C@H](Cc1cccc(Cl)c1)NC(=O)/C=C\c1ccc(O)c(F)c1)C(=O)N1CCC[C@H]1C(=O)O)[C@@H](C)O. The summed E-state index contributed by atoms with van der Waals surface area (Å²) in [5, 5.41) is 44.5. The van der Waals surface area contributed by atoms with Crippen molar-refractivity contribution >= 4 is 86.6 Å². The van der Waals surface area contributed by atoms with E-state index in [9.17, 15) is 76.1 Å². The predicted molar refractivity (Wildman–Crippen MR) is 276 cm³/mol. The maximum absolute atomic E-state index is 14.2. The summed E-state index contributed by atoms with van der Waals surface area (Å²) in [6, 6.07) is 6.79. The molecule has 9 amide bonds. The normalized spacial score (nSPS) is 16.1. The number of carboxylic acid groups (broad SMARTS) is 1. The highest BCUT2D eigenvalue weighted by Gasteiger charge is 2.40. The second-order valence-electron chi connectivity index (χ2n) is 18.4. The number of aliphatic hydroxyl groups is 1. The number of likely N-dealkylation sites (tertiary alicyclic amines) is 1. The van der Waals surface area contributed by atoms with Gasteiger partial charge in [0.2, 0.25) is 53.2 Å². The lowest BCUT2D eigenvalue weighted by Crippen LogP contribution is -2.61. The van der Waals surface area contributed by atoms with E-state index in [1.165, 1.54) is 25.3 Å². The first-order valence-electron chi connectivity index (χ1n) is 24.1. The summed E-state index contributed by atoms with van der Waals surface area (Å²) in [4.78, 5) is 136. The molecule has 3 aromatic rings. The van der Waals surface area contributed by atoms with E-state index in [4.69, 9.17) is 11.6 Å². The minimum Gasteiger partial charge on any atom is -0.505 e. The zero-order valence-electron chi connectivity index (χ0n) is 42.7. The number of aliphatic carboxylic acids is 1. The minimum atomic E-state index is -3.78. The Hall–Kier alpha value is -7.77. The number of likely N-dealkylation sites (N-methyl/N-ethyl adjacent to an activating group) is 1. The summed E-state index contributed by atoms with van der Waals surface area (Å²) >= 11 is 6.19. The van der Waals surface area contributed by atoms with Gasteiger partial charge in [0.15, 0.2) is 11.6 Å². The second-order valence-corrected chi connectivity index (χ2v) is 21.1. The fourth-order valence-electron chi connectivity index (χ4n) is 8.07. The van der Waals surface area contributed by atoms with E-state index in [1.54, 1.807) is 48.5 Å². The highest BCUT2D eigenvalue weighted by molar-refractivity contribution is 7.90. The van der Waals surface area contributed by atoms with Gasteiger partial charge in [-0.3, -0.25) is 48.5 Å². The Kier molecular flexibility index (Phi) is 22.8. The molecule has 1 saturated heterocycles. The van der Waals surface area contributed by atoms with Gasteiger partial charge < -0.3 is 51.7 Å². The van der Waals surface area contributed by atoms with Crippen molar-refractivity contribution in [3.05, 3.63) is 106 Å². The van der Waals surface area contributed by atoms with Crippen molar-refractivity contribution in [2.75, 3.05) is 25.6 Å². The third-order valence-corrected chi connectivity index (χ3v) is 13.3. The molecule has 77 heavy (non-hydrogen) atoms. The Labute approximate surface area is 448 Å². The van der Waals surface area contributed by atoms with Crippen LogP contribution in [0.1, 0.15) is 63.1 Å². The smallest absolute Gasteiger partial charge is 0.326 e. The molecule has 416 valence electrons. The number of hydrogen-bond donors (Lipinski definition) is 9. The molecule has 0 aliphatic carbocycles. The van der Waals surface area contributed by atoms with Gasteiger partial charge in [-0.15, -0.1) is 0 Å². The molecule has 1 unspecified atom stereocenters. The number of phenols is 1. The molecule has 1 fully saturated rings. The summed E-state index contributed by atoms with van der Waals surface area (Å²) in [6.45, 7) is 3.27. The Balaban J connectivity index is 1.55. The molecule has 1 aliphatic heterocycles. The highest BCUT2D eigenvalue weighted by Crippen LogP contribution is 2.21. The number of aliphatic hydroxyl groups excluding tert-OH is 1. The van der Waals surface area contributed by atoms with Gasteiger partial charge >= 0.3 is 5.97 Å². The molecule has 0 aromatic heterocycles. The number of phenolic OH excluding ortho intramolecular Hbond substituents is 1. The van der Waals surface area contributed by atoms with Crippen LogP contribution in [-0.4, -0.2) is 167 Å². The van der Waals surface area contributed by atoms with Crippen LogP contribution < -0.4 is 31.9 Å². The molecule has 0 spiro atoms. The Morgan fingerprint density at radius 1 is 0.818 bits per heavy atom.